The van der Waals surface area contributed by atoms with Gasteiger partial charge in [0.15, 0.2) is 5.82 Å². The molecule has 70 valence electrons. The van der Waals surface area contributed by atoms with Gasteiger partial charge in [0.05, 0.1) is 0 Å². The zero-order valence-electron chi connectivity index (χ0n) is 7.59. The molecule has 0 atom stereocenters. The molecule has 0 aliphatic rings. The minimum Gasteiger partial charge on any atom is -0.326 e. The first kappa shape index (κ1) is 8.77. The minimum absolute atomic E-state index is 0.553. The first-order valence-electron chi connectivity index (χ1n) is 4.31. The first-order chi connectivity index (χ1) is 6.90. The van der Waals surface area contributed by atoms with E-state index >= 15 is 0 Å². The molecular weight excluding hydrogens is 176 g/mol. The fourth-order valence-electron chi connectivity index (χ4n) is 1.18. The summed E-state index contributed by atoms with van der Waals surface area (Å²) in [5.41, 5.74) is 7.57. The van der Waals surface area contributed by atoms with E-state index in [0.29, 0.717) is 12.4 Å². The van der Waals surface area contributed by atoms with Crippen LogP contribution in [0.1, 0.15) is 5.56 Å². The Hall–Kier alpha value is -1.81. The molecule has 0 bridgehead atoms. The average Bonchev–Trinajstić information content (AvgIpc) is 2.30. The van der Waals surface area contributed by atoms with Crippen molar-refractivity contribution in [3.05, 3.63) is 42.5 Å². The molecule has 0 aliphatic heterocycles. The second-order valence-electron chi connectivity index (χ2n) is 2.86. The second-order valence-corrected chi connectivity index (χ2v) is 2.86. The SMILES string of the molecule is NCc1ccc(-c2ncncn2)cc1. The van der Waals surface area contributed by atoms with E-state index in [-0.39, 0.29) is 0 Å². The van der Waals surface area contributed by atoms with Crippen molar-refractivity contribution in [1.82, 2.24) is 15.0 Å². The Morgan fingerprint density at radius 2 is 1.64 bits per heavy atom. The summed E-state index contributed by atoms with van der Waals surface area (Å²) in [7, 11) is 0. The Balaban J connectivity index is 2.34. The maximum atomic E-state index is 5.50. The van der Waals surface area contributed by atoms with Gasteiger partial charge >= 0.3 is 0 Å². The minimum atomic E-state index is 0.553. The molecule has 0 unspecified atom stereocenters. The highest BCUT2D eigenvalue weighted by molar-refractivity contribution is 5.54. The molecular formula is C10H10N4. The van der Waals surface area contributed by atoms with Gasteiger partial charge < -0.3 is 5.73 Å². The summed E-state index contributed by atoms with van der Waals surface area (Å²) in [6, 6.07) is 7.85. The summed E-state index contributed by atoms with van der Waals surface area (Å²) in [6.07, 6.45) is 2.97. The van der Waals surface area contributed by atoms with E-state index in [1.165, 1.54) is 12.7 Å². The number of nitrogens with two attached hydrogens (primary N) is 1. The van der Waals surface area contributed by atoms with Crippen LogP contribution in [-0.2, 0) is 6.54 Å². The van der Waals surface area contributed by atoms with Gasteiger partial charge in [0.25, 0.3) is 0 Å². The lowest BCUT2D eigenvalue weighted by molar-refractivity contribution is 1.05. The zero-order chi connectivity index (χ0) is 9.80. The Labute approximate surface area is 81.9 Å². The van der Waals surface area contributed by atoms with Gasteiger partial charge in [-0.25, -0.2) is 15.0 Å². The lowest BCUT2D eigenvalue weighted by Crippen LogP contribution is -1.96. The fourth-order valence-corrected chi connectivity index (χ4v) is 1.18. The topological polar surface area (TPSA) is 64.7 Å². The number of benzene rings is 1. The number of rotatable bonds is 2. The molecule has 0 spiro atoms. The molecule has 1 heterocycles. The van der Waals surface area contributed by atoms with Crippen LogP contribution in [0.2, 0.25) is 0 Å². The van der Waals surface area contributed by atoms with Crippen LogP contribution in [0.15, 0.2) is 36.9 Å². The Morgan fingerprint density at radius 1 is 1.00 bits per heavy atom. The Morgan fingerprint density at radius 3 is 2.21 bits per heavy atom. The summed E-state index contributed by atoms with van der Waals surface area (Å²) in [6.45, 7) is 0.553. The molecule has 4 heteroatoms. The van der Waals surface area contributed by atoms with Crippen molar-refractivity contribution in [2.45, 2.75) is 6.54 Å². The summed E-state index contributed by atoms with van der Waals surface area (Å²) in [5.74, 6) is 0.684. The maximum Gasteiger partial charge on any atom is 0.162 e. The molecule has 0 aliphatic carbocycles. The van der Waals surface area contributed by atoms with Gasteiger partial charge in [-0.3, -0.25) is 0 Å². The fraction of sp³-hybridized carbons (Fsp3) is 0.100. The summed E-state index contributed by atoms with van der Waals surface area (Å²) >= 11 is 0. The molecule has 14 heavy (non-hydrogen) atoms. The number of aromatic nitrogens is 3. The predicted molar refractivity (Wildman–Crippen MR) is 53.2 cm³/mol. The lowest BCUT2D eigenvalue weighted by Gasteiger charge is -1.99. The van der Waals surface area contributed by atoms with E-state index in [1.807, 2.05) is 24.3 Å². The van der Waals surface area contributed by atoms with Crippen LogP contribution in [0, 0.1) is 0 Å². The Kier molecular flexibility index (Phi) is 2.46. The van der Waals surface area contributed by atoms with Crippen LogP contribution in [0.25, 0.3) is 11.4 Å². The molecule has 2 rings (SSSR count). The van der Waals surface area contributed by atoms with Gasteiger partial charge in [0.2, 0.25) is 0 Å². The summed E-state index contributed by atoms with van der Waals surface area (Å²) < 4.78 is 0. The van der Waals surface area contributed by atoms with E-state index in [1.54, 1.807) is 0 Å². The van der Waals surface area contributed by atoms with E-state index in [9.17, 15) is 0 Å². The highest BCUT2D eigenvalue weighted by atomic mass is 15.0. The van der Waals surface area contributed by atoms with E-state index in [4.69, 9.17) is 5.73 Å². The van der Waals surface area contributed by atoms with E-state index in [2.05, 4.69) is 15.0 Å². The highest BCUT2D eigenvalue weighted by Gasteiger charge is 1.98. The molecule has 2 aromatic rings. The number of hydrogen-bond donors (Lipinski definition) is 1. The van der Waals surface area contributed by atoms with Crippen molar-refractivity contribution >= 4 is 0 Å². The molecule has 1 aromatic carbocycles. The first-order valence-corrected chi connectivity index (χ1v) is 4.31. The third kappa shape index (κ3) is 1.75. The normalized spacial score (nSPS) is 10.1. The zero-order valence-corrected chi connectivity index (χ0v) is 7.59. The molecule has 0 fully saturated rings. The van der Waals surface area contributed by atoms with Gasteiger partial charge in [-0.1, -0.05) is 24.3 Å². The van der Waals surface area contributed by atoms with Crippen molar-refractivity contribution in [2.75, 3.05) is 0 Å². The van der Waals surface area contributed by atoms with Gasteiger partial charge in [-0.05, 0) is 5.56 Å². The largest absolute Gasteiger partial charge is 0.326 e. The van der Waals surface area contributed by atoms with Gasteiger partial charge in [-0.2, -0.15) is 0 Å². The molecule has 0 saturated heterocycles. The number of hydrogen-bond acceptors (Lipinski definition) is 4. The summed E-state index contributed by atoms with van der Waals surface area (Å²) in [4.78, 5) is 11.9. The van der Waals surface area contributed by atoms with Crippen molar-refractivity contribution in [1.29, 1.82) is 0 Å². The third-order valence-corrected chi connectivity index (χ3v) is 1.94. The Bertz CT molecular complexity index is 396. The van der Waals surface area contributed by atoms with Gasteiger partial charge in [0, 0.05) is 12.1 Å². The number of nitrogens with zero attached hydrogens (tertiary/aromatic N) is 3. The van der Waals surface area contributed by atoms with Gasteiger partial charge in [0.1, 0.15) is 12.7 Å². The predicted octanol–water partition coefficient (Wildman–Crippen LogP) is 0.997. The van der Waals surface area contributed by atoms with Crippen molar-refractivity contribution in [2.24, 2.45) is 5.73 Å². The van der Waals surface area contributed by atoms with Crippen LogP contribution >= 0.6 is 0 Å². The highest BCUT2D eigenvalue weighted by Crippen LogP contribution is 2.13. The smallest absolute Gasteiger partial charge is 0.162 e. The van der Waals surface area contributed by atoms with Crippen LogP contribution < -0.4 is 5.73 Å². The van der Waals surface area contributed by atoms with Crippen LogP contribution in [0.5, 0.6) is 0 Å². The second kappa shape index (κ2) is 3.93. The summed E-state index contributed by atoms with van der Waals surface area (Å²) in [5, 5.41) is 0. The average molecular weight is 186 g/mol. The molecule has 0 amide bonds. The molecule has 0 radical (unpaired) electrons. The maximum absolute atomic E-state index is 5.50. The van der Waals surface area contributed by atoms with Crippen molar-refractivity contribution < 1.29 is 0 Å². The quantitative estimate of drug-likeness (QED) is 0.759. The van der Waals surface area contributed by atoms with Crippen LogP contribution in [0.4, 0.5) is 0 Å². The molecule has 2 N–H and O–H groups in total. The molecule has 0 saturated carbocycles. The van der Waals surface area contributed by atoms with Crippen molar-refractivity contribution in [3.63, 3.8) is 0 Å². The van der Waals surface area contributed by atoms with Gasteiger partial charge in [-0.15, -0.1) is 0 Å². The lowest BCUT2D eigenvalue weighted by atomic mass is 10.1. The van der Waals surface area contributed by atoms with Crippen LogP contribution in [-0.4, -0.2) is 15.0 Å². The third-order valence-electron chi connectivity index (χ3n) is 1.94. The molecule has 4 nitrogen and oxygen atoms in total. The monoisotopic (exact) mass is 186 g/mol. The van der Waals surface area contributed by atoms with E-state index < -0.39 is 0 Å². The molecule has 1 aromatic heterocycles. The van der Waals surface area contributed by atoms with E-state index in [0.717, 1.165) is 11.1 Å². The van der Waals surface area contributed by atoms with Crippen LogP contribution in [0.3, 0.4) is 0 Å². The van der Waals surface area contributed by atoms with Crippen molar-refractivity contribution in [3.8, 4) is 11.4 Å². The standard InChI is InChI=1S/C10H10N4/c11-5-8-1-3-9(4-2-8)10-13-6-12-7-14-10/h1-4,6-7H,5,11H2.